The predicted molar refractivity (Wildman–Crippen MR) is 107 cm³/mol. The van der Waals surface area contributed by atoms with E-state index in [-0.39, 0.29) is 6.61 Å². The van der Waals surface area contributed by atoms with Crippen molar-refractivity contribution in [2.24, 2.45) is 0 Å². The second-order valence-electron chi connectivity index (χ2n) is 7.19. The number of aliphatic hydroxyl groups is 2. The van der Waals surface area contributed by atoms with Crippen molar-refractivity contribution in [2.75, 3.05) is 6.61 Å². The van der Waals surface area contributed by atoms with E-state index in [2.05, 4.69) is 11.8 Å². The number of carbonyl (C=O) groups excluding carboxylic acids is 1. The first-order valence-corrected chi connectivity index (χ1v) is 10.7. The van der Waals surface area contributed by atoms with Crippen molar-refractivity contribution in [3.8, 4) is 0 Å². The summed E-state index contributed by atoms with van der Waals surface area (Å²) in [4.78, 5) is 14.3. The second-order valence-corrected chi connectivity index (χ2v) is 7.19. The minimum absolute atomic E-state index is 0.139. The number of hydrogen-bond acceptors (Lipinski definition) is 5. The molecule has 0 fully saturated rings. The molecule has 0 heterocycles. The summed E-state index contributed by atoms with van der Waals surface area (Å²) < 4.78 is 0. The zero-order chi connectivity index (χ0) is 19.9. The maximum atomic E-state index is 10.7. The Labute approximate surface area is 161 Å². The van der Waals surface area contributed by atoms with Gasteiger partial charge in [-0.3, -0.25) is 0 Å². The molecule has 0 radical (unpaired) electrons. The Morgan fingerprint density at radius 3 is 1.35 bits per heavy atom. The molecule has 0 spiro atoms. The fourth-order valence-corrected chi connectivity index (χ4v) is 2.69. The van der Waals surface area contributed by atoms with Crippen molar-refractivity contribution in [1.29, 1.82) is 0 Å². The molecule has 1 unspecified atom stereocenters. The highest BCUT2D eigenvalue weighted by atomic mass is 17.1. The van der Waals surface area contributed by atoms with Crippen LogP contribution in [0.4, 0.5) is 0 Å². The number of unbranched alkanes of at least 4 members (excludes halogenated alkanes) is 14. The Balaban J connectivity index is 0. The maximum absolute atomic E-state index is 10.7. The van der Waals surface area contributed by atoms with E-state index in [0.717, 1.165) is 12.8 Å². The van der Waals surface area contributed by atoms with Gasteiger partial charge in [0.05, 0.1) is 12.7 Å². The highest BCUT2D eigenvalue weighted by Crippen LogP contribution is 2.13. The molecular weight excluding hydrogens is 332 g/mol. The molecule has 0 bridgehead atoms. The first-order valence-electron chi connectivity index (χ1n) is 10.7. The van der Waals surface area contributed by atoms with E-state index in [9.17, 15) is 4.79 Å². The van der Waals surface area contributed by atoms with Crippen molar-refractivity contribution in [3.05, 3.63) is 0 Å². The summed E-state index contributed by atoms with van der Waals surface area (Å²) >= 11 is 0. The molecule has 1 atom stereocenters. The largest absolute Gasteiger partial charge is 0.394 e. The van der Waals surface area contributed by atoms with Crippen molar-refractivity contribution in [3.63, 3.8) is 0 Å². The van der Waals surface area contributed by atoms with Crippen molar-refractivity contribution >= 4 is 5.97 Å². The normalized spacial score (nSPS) is 11.6. The van der Waals surface area contributed by atoms with Crippen LogP contribution in [0.25, 0.3) is 0 Å². The van der Waals surface area contributed by atoms with Gasteiger partial charge in [-0.15, -0.1) is 0 Å². The van der Waals surface area contributed by atoms with Gasteiger partial charge < -0.3 is 15.1 Å². The van der Waals surface area contributed by atoms with Gasteiger partial charge >= 0.3 is 5.97 Å². The van der Waals surface area contributed by atoms with E-state index in [4.69, 9.17) is 15.5 Å². The maximum Gasteiger partial charge on any atom is 0.342 e. The van der Waals surface area contributed by atoms with Crippen LogP contribution in [0.1, 0.15) is 117 Å². The molecule has 0 rings (SSSR count). The van der Waals surface area contributed by atoms with Gasteiger partial charge in [-0.25, -0.2) is 4.79 Å². The third kappa shape index (κ3) is 28.2. The lowest BCUT2D eigenvalue weighted by molar-refractivity contribution is -0.234. The lowest BCUT2D eigenvalue weighted by Gasteiger charge is -2.03. The number of rotatable bonds is 17. The highest BCUT2D eigenvalue weighted by Gasteiger charge is 2.00. The Morgan fingerprint density at radius 2 is 1.08 bits per heavy atom. The molecule has 0 aromatic heterocycles. The van der Waals surface area contributed by atoms with Gasteiger partial charge in [0.15, 0.2) is 0 Å². The van der Waals surface area contributed by atoms with Gasteiger partial charge in [0.25, 0.3) is 0 Å². The van der Waals surface area contributed by atoms with E-state index >= 15 is 0 Å². The van der Waals surface area contributed by atoms with Crippen molar-refractivity contribution in [2.45, 2.75) is 123 Å². The van der Waals surface area contributed by atoms with Gasteiger partial charge in [0.2, 0.25) is 0 Å². The predicted octanol–water partition coefficient (Wildman–Crippen LogP) is 5.62. The van der Waals surface area contributed by atoms with E-state index < -0.39 is 12.1 Å². The van der Waals surface area contributed by atoms with Gasteiger partial charge in [0.1, 0.15) is 0 Å². The third-order valence-corrected chi connectivity index (χ3v) is 4.35. The van der Waals surface area contributed by atoms with Crippen LogP contribution in [0.15, 0.2) is 0 Å². The molecule has 0 aliphatic rings. The average Bonchev–Trinajstić information content (AvgIpc) is 2.65. The molecule has 0 amide bonds. The summed E-state index contributed by atoms with van der Waals surface area (Å²) in [7, 11) is 0. The van der Waals surface area contributed by atoms with Crippen LogP contribution in [0.5, 0.6) is 0 Å². The molecule has 158 valence electrons. The molecule has 0 saturated carbocycles. The molecule has 5 heteroatoms. The van der Waals surface area contributed by atoms with Crippen LogP contribution in [0.2, 0.25) is 0 Å². The van der Waals surface area contributed by atoms with Gasteiger partial charge in [0, 0.05) is 6.42 Å². The molecule has 0 saturated heterocycles. The topological polar surface area (TPSA) is 87.0 Å². The van der Waals surface area contributed by atoms with Gasteiger partial charge in [-0.05, 0) is 13.3 Å². The molecule has 5 nitrogen and oxygen atoms in total. The van der Waals surface area contributed by atoms with E-state index in [1.54, 1.807) is 0 Å². The minimum Gasteiger partial charge on any atom is -0.394 e. The summed E-state index contributed by atoms with van der Waals surface area (Å²) in [5.74, 6) is -0.510. The lowest BCUT2D eigenvalue weighted by atomic mass is 10.0. The van der Waals surface area contributed by atoms with Crippen molar-refractivity contribution < 1.29 is 25.2 Å². The van der Waals surface area contributed by atoms with Crippen molar-refractivity contribution in [1.82, 2.24) is 0 Å². The summed E-state index contributed by atoms with van der Waals surface area (Å²) in [6.45, 7) is 3.66. The molecule has 26 heavy (non-hydrogen) atoms. The van der Waals surface area contributed by atoms with Crippen LogP contribution >= 0.6 is 0 Å². The van der Waals surface area contributed by atoms with Gasteiger partial charge in [-0.2, -0.15) is 5.26 Å². The zero-order valence-corrected chi connectivity index (χ0v) is 17.3. The Hall–Kier alpha value is -0.650. The van der Waals surface area contributed by atoms with Gasteiger partial charge in [-0.1, -0.05) is 96.8 Å². The summed E-state index contributed by atoms with van der Waals surface area (Å²) in [5, 5.41) is 24.1. The molecule has 0 aromatic carbocycles. The van der Waals surface area contributed by atoms with E-state index in [1.807, 2.05) is 0 Å². The number of aliphatic hydroxyl groups excluding tert-OH is 2. The zero-order valence-electron chi connectivity index (χ0n) is 17.3. The number of hydrogen-bond donors (Lipinski definition) is 3. The highest BCUT2D eigenvalue weighted by molar-refractivity contribution is 5.68. The van der Waals surface area contributed by atoms with Crippen LogP contribution in [-0.2, 0) is 9.68 Å². The van der Waals surface area contributed by atoms with Crippen LogP contribution in [0.3, 0.4) is 0 Å². The summed E-state index contributed by atoms with van der Waals surface area (Å²) in [6.07, 6.45) is 19.4. The summed E-state index contributed by atoms with van der Waals surface area (Å²) in [5.41, 5.74) is 0. The van der Waals surface area contributed by atoms with Crippen LogP contribution < -0.4 is 0 Å². The van der Waals surface area contributed by atoms with E-state index in [1.165, 1.54) is 90.4 Å². The molecule has 0 aromatic rings. The monoisotopic (exact) mass is 376 g/mol. The summed E-state index contributed by atoms with van der Waals surface area (Å²) in [6, 6.07) is 0. The SMILES string of the molecule is CC(O)CO.CCCCCCCCCCCCCCCCCC(=O)OO. The first kappa shape index (κ1) is 27.6. The number of carbonyl (C=O) groups is 1. The Kier molecular flexibility index (Phi) is 25.8. The first-order chi connectivity index (χ1) is 12.6. The molecule has 0 aliphatic heterocycles. The Morgan fingerprint density at radius 1 is 0.769 bits per heavy atom. The fraction of sp³-hybridized carbons (Fsp3) is 0.952. The van der Waals surface area contributed by atoms with Crippen LogP contribution in [-0.4, -0.2) is 34.2 Å². The Bertz CT molecular complexity index is 269. The molecule has 0 aliphatic carbocycles. The smallest absolute Gasteiger partial charge is 0.342 e. The lowest BCUT2D eigenvalue weighted by Crippen LogP contribution is -2.03. The third-order valence-electron chi connectivity index (χ3n) is 4.35. The second kappa shape index (κ2) is 24.4. The van der Waals surface area contributed by atoms with E-state index in [0.29, 0.717) is 6.42 Å². The molecular formula is C21H44O5. The fourth-order valence-electron chi connectivity index (χ4n) is 2.69. The average molecular weight is 377 g/mol. The minimum atomic E-state index is -0.560. The molecule has 3 N–H and O–H groups in total. The standard InChI is InChI=1S/C18H36O3.C3H8O2/c1-2-3-4-5-6-7-8-9-10-11-12-13-14-15-16-17-18(19)21-20;1-3(5)2-4/h20H,2-17H2,1H3;3-5H,2H2,1H3. The quantitative estimate of drug-likeness (QED) is 0.174. The van der Waals surface area contributed by atoms with Crippen LogP contribution in [0, 0.1) is 0 Å².